The maximum atomic E-state index is 13.4. The Balaban J connectivity index is 1.68. The molecule has 7 heteroatoms. The van der Waals surface area contributed by atoms with Gasteiger partial charge in [-0.2, -0.15) is 0 Å². The van der Waals surface area contributed by atoms with E-state index < -0.39 is 9.84 Å². The van der Waals surface area contributed by atoms with E-state index in [1.54, 1.807) is 36.4 Å². The van der Waals surface area contributed by atoms with Crippen molar-refractivity contribution < 1.29 is 17.9 Å². The number of ether oxygens (including phenoxy) is 2. The second-order valence-corrected chi connectivity index (χ2v) is 9.42. The van der Waals surface area contributed by atoms with Crippen LogP contribution in [0.2, 0.25) is 0 Å². The van der Waals surface area contributed by atoms with E-state index in [1.807, 2.05) is 60.7 Å². The predicted molar refractivity (Wildman–Crippen MR) is 138 cm³/mol. The number of hydrogen-bond acceptors (Lipinski definition) is 6. The first-order chi connectivity index (χ1) is 17.0. The molecule has 0 aliphatic heterocycles. The zero-order valence-corrected chi connectivity index (χ0v) is 20.1. The third kappa shape index (κ3) is 5.65. The molecule has 0 saturated carbocycles. The lowest BCUT2D eigenvalue weighted by Crippen LogP contribution is -2.04. The monoisotopic (exact) mass is 484 g/mol. The summed E-state index contributed by atoms with van der Waals surface area (Å²) in [7, 11) is -0.759. The number of sulfone groups is 1. The Morgan fingerprint density at radius 2 is 0.971 bits per heavy atom. The molecule has 0 radical (unpaired) electrons. The molecular formula is C28H24N2O4S. The van der Waals surface area contributed by atoms with E-state index in [-0.39, 0.29) is 9.79 Å². The quantitative estimate of drug-likeness (QED) is 0.250. The highest BCUT2D eigenvalue weighted by Crippen LogP contribution is 2.28. The molecule has 0 aliphatic carbocycles. The molecule has 0 bridgehead atoms. The van der Waals surface area contributed by atoms with Crippen molar-refractivity contribution in [1.82, 2.24) is 0 Å². The summed E-state index contributed by atoms with van der Waals surface area (Å²) in [5.74, 6) is 0.786. The van der Waals surface area contributed by atoms with Gasteiger partial charge in [0.1, 0.15) is 0 Å². The fraction of sp³-hybridized carbons (Fsp3) is 0.0714. The topological polar surface area (TPSA) is 77.3 Å². The summed E-state index contributed by atoms with van der Waals surface area (Å²) in [4.78, 5) is 9.26. The normalized spacial score (nSPS) is 12.3. The van der Waals surface area contributed by atoms with Gasteiger partial charge in [-0.3, -0.25) is 0 Å². The van der Waals surface area contributed by atoms with Crippen molar-refractivity contribution in [3.63, 3.8) is 0 Å². The molecule has 0 fully saturated rings. The Labute approximate surface area is 205 Å². The van der Waals surface area contributed by atoms with Crippen LogP contribution in [0, 0.1) is 0 Å². The second kappa shape index (κ2) is 10.8. The number of hydrogen-bond donors (Lipinski definition) is 0. The molecule has 0 spiro atoms. The summed E-state index contributed by atoms with van der Waals surface area (Å²) < 4.78 is 37.7. The lowest BCUT2D eigenvalue weighted by Gasteiger charge is -2.09. The molecule has 176 valence electrons. The predicted octanol–water partition coefficient (Wildman–Crippen LogP) is 5.97. The molecule has 4 rings (SSSR count). The first-order valence-electron chi connectivity index (χ1n) is 10.8. The van der Waals surface area contributed by atoms with Gasteiger partial charge >= 0.3 is 0 Å². The van der Waals surface area contributed by atoms with Crippen molar-refractivity contribution >= 4 is 33.0 Å². The van der Waals surface area contributed by atoms with Crippen LogP contribution in [0.1, 0.15) is 11.1 Å². The summed E-state index contributed by atoms with van der Waals surface area (Å²) in [5.41, 5.74) is 2.51. The smallest absolute Gasteiger partial charge is 0.220 e. The van der Waals surface area contributed by atoms with Crippen molar-refractivity contribution in [2.75, 3.05) is 14.2 Å². The van der Waals surface area contributed by atoms with Gasteiger partial charge in [-0.05, 0) is 60.7 Å². The highest BCUT2D eigenvalue weighted by molar-refractivity contribution is 7.91. The van der Waals surface area contributed by atoms with Gasteiger partial charge in [-0.1, -0.05) is 48.5 Å². The molecule has 0 aromatic heterocycles. The Morgan fingerprint density at radius 3 is 1.34 bits per heavy atom. The fourth-order valence-corrected chi connectivity index (χ4v) is 4.77. The van der Waals surface area contributed by atoms with Crippen LogP contribution in [0.25, 0.3) is 0 Å². The third-order valence-corrected chi connectivity index (χ3v) is 6.89. The van der Waals surface area contributed by atoms with E-state index in [2.05, 4.69) is 9.98 Å². The van der Waals surface area contributed by atoms with Crippen LogP contribution < -0.4 is 0 Å². The minimum Gasteiger partial charge on any atom is -0.481 e. The highest BCUT2D eigenvalue weighted by atomic mass is 32.2. The zero-order valence-electron chi connectivity index (χ0n) is 19.3. The van der Waals surface area contributed by atoms with E-state index in [0.29, 0.717) is 23.2 Å². The summed E-state index contributed by atoms with van der Waals surface area (Å²) in [6.07, 6.45) is 0. The average molecular weight is 485 g/mol. The van der Waals surface area contributed by atoms with Crippen LogP contribution in [0.15, 0.2) is 129 Å². The number of nitrogens with zero attached hydrogens (tertiary/aromatic N) is 2. The first-order valence-corrected chi connectivity index (χ1v) is 12.3. The van der Waals surface area contributed by atoms with Crippen molar-refractivity contribution in [2.24, 2.45) is 9.98 Å². The number of aliphatic imine (C=N–C) groups is 2. The molecule has 0 amide bonds. The molecule has 0 atom stereocenters. The number of rotatable bonds is 6. The summed E-state index contributed by atoms with van der Waals surface area (Å²) in [6, 6.07) is 31.7. The van der Waals surface area contributed by atoms with Crippen molar-refractivity contribution in [1.29, 1.82) is 0 Å². The Hall–Kier alpha value is -4.23. The molecule has 0 unspecified atom stereocenters. The van der Waals surface area contributed by atoms with Gasteiger partial charge in [0.05, 0.1) is 35.4 Å². The SMILES string of the molecule is CO/C(=N\c1cccc(S(=O)(=O)c2cccc(/N=C(\OC)c3ccccc3)c2)c1)c1ccccc1. The molecule has 0 aliphatic rings. The van der Waals surface area contributed by atoms with Gasteiger partial charge in [0, 0.05) is 11.1 Å². The van der Waals surface area contributed by atoms with E-state index in [0.717, 1.165) is 11.1 Å². The van der Waals surface area contributed by atoms with Gasteiger partial charge < -0.3 is 9.47 Å². The summed E-state index contributed by atoms with van der Waals surface area (Å²) >= 11 is 0. The standard InChI is InChI=1S/C28H24N2O4S/c1-33-27(21-11-5-3-6-12-21)29-23-15-9-17-25(19-23)35(31,32)26-18-10-16-24(20-26)30-28(34-2)22-13-7-4-8-14-22/h3-20H,1-2H3/b29-27-,30-28-. The Kier molecular flexibility index (Phi) is 7.38. The largest absolute Gasteiger partial charge is 0.481 e. The fourth-order valence-electron chi connectivity index (χ4n) is 3.43. The van der Waals surface area contributed by atoms with Crippen LogP contribution >= 0.6 is 0 Å². The van der Waals surface area contributed by atoms with E-state index >= 15 is 0 Å². The van der Waals surface area contributed by atoms with Crippen molar-refractivity contribution in [2.45, 2.75) is 9.79 Å². The molecule has 0 saturated heterocycles. The lowest BCUT2D eigenvalue weighted by atomic mass is 10.2. The second-order valence-electron chi connectivity index (χ2n) is 7.47. The zero-order chi connectivity index (χ0) is 24.7. The molecule has 4 aromatic rings. The van der Waals surface area contributed by atoms with Gasteiger partial charge in [-0.25, -0.2) is 18.4 Å². The van der Waals surface area contributed by atoms with E-state index in [1.165, 1.54) is 26.4 Å². The van der Waals surface area contributed by atoms with Gasteiger partial charge in [0.25, 0.3) is 0 Å². The lowest BCUT2D eigenvalue weighted by molar-refractivity contribution is 0.405. The van der Waals surface area contributed by atoms with Crippen molar-refractivity contribution in [3.05, 3.63) is 120 Å². The van der Waals surface area contributed by atoms with Gasteiger partial charge in [-0.15, -0.1) is 0 Å². The average Bonchev–Trinajstić information content (AvgIpc) is 2.91. The molecule has 0 N–H and O–H groups in total. The Morgan fingerprint density at radius 1 is 0.571 bits per heavy atom. The van der Waals surface area contributed by atoms with Crippen LogP contribution in [0.4, 0.5) is 11.4 Å². The Bertz CT molecular complexity index is 1360. The van der Waals surface area contributed by atoms with Crippen LogP contribution in [0.5, 0.6) is 0 Å². The molecule has 0 heterocycles. The number of methoxy groups -OCH3 is 2. The summed E-state index contributed by atoms with van der Waals surface area (Å²) in [6.45, 7) is 0. The number of benzene rings is 4. The maximum Gasteiger partial charge on any atom is 0.220 e. The van der Waals surface area contributed by atoms with Gasteiger partial charge in [0.2, 0.25) is 21.6 Å². The summed E-state index contributed by atoms with van der Waals surface area (Å²) in [5, 5.41) is 0. The minimum absolute atomic E-state index is 0.124. The minimum atomic E-state index is -3.82. The molecule has 35 heavy (non-hydrogen) atoms. The highest BCUT2D eigenvalue weighted by Gasteiger charge is 2.19. The van der Waals surface area contributed by atoms with Crippen LogP contribution in [-0.2, 0) is 19.3 Å². The van der Waals surface area contributed by atoms with E-state index in [9.17, 15) is 8.42 Å². The molecule has 6 nitrogen and oxygen atoms in total. The van der Waals surface area contributed by atoms with Crippen LogP contribution in [0.3, 0.4) is 0 Å². The molecule has 4 aromatic carbocycles. The molecular weight excluding hydrogens is 460 g/mol. The van der Waals surface area contributed by atoms with Gasteiger partial charge in [0.15, 0.2) is 0 Å². The first kappa shape index (κ1) is 23.9. The van der Waals surface area contributed by atoms with E-state index in [4.69, 9.17) is 9.47 Å². The maximum absolute atomic E-state index is 13.4. The van der Waals surface area contributed by atoms with Crippen molar-refractivity contribution in [3.8, 4) is 0 Å². The third-order valence-electron chi connectivity index (χ3n) is 5.15. The van der Waals surface area contributed by atoms with Crippen LogP contribution in [-0.4, -0.2) is 34.4 Å².